The van der Waals surface area contributed by atoms with Crippen LogP contribution in [0, 0.1) is 7.43 Å². The van der Waals surface area contributed by atoms with E-state index in [9.17, 15) is 8.42 Å². The van der Waals surface area contributed by atoms with Gasteiger partial charge in [-0.25, -0.2) is 8.42 Å². The molecule has 0 N–H and O–H groups in total. The second-order valence-electron chi connectivity index (χ2n) is 0.916. The number of sulfonamides is 1. The van der Waals surface area contributed by atoms with Crippen LogP contribution in [0.25, 0.3) is 4.72 Å². The number of rotatable bonds is 1. The van der Waals surface area contributed by atoms with Crippen molar-refractivity contribution in [1.29, 1.82) is 0 Å². The molecule has 0 aliphatic heterocycles. The smallest absolute Gasteiger partial charge is 0.552 e. The SMILES string of the molecule is C[N-]S(C)(=O)=O.[CH3-].[W+2]. The van der Waals surface area contributed by atoms with Crippen LogP contribution in [0.2, 0.25) is 0 Å². The van der Waals surface area contributed by atoms with Gasteiger partial charge in [0.1, 0.15) is 0 Å². The number of hydrogen-bond donors (Lipinski definition) is 0. The van der Waals surface area contributed by atoms with Crippen LogP contribution in [0.3, 0.4) is 0 Å². The summed E-state index contributed by atoms with van der Waals surface area (Å²) in [6.45, 7) is 0. The molecule has 0 aromatic heterocycles. The van der Waals surface area contributed by atoms with E-state index in [1.54, 1.807) is 0 Å². The van der Waals surface area contributed by atoms with Crippen molar-refractivity contribution in [3.05, 3.63) is 12.1 Å². The van der Waals surface area contributed by atoms with Gasteiger partial charge in [-0.1, -0.05) is 0 Å². The second kappa shape index (κ2) is 5.73. The predicted octanol–water partition coefficient (Wildman–Crippen LogP) is 0.397. The van der Waals surface area contributed by atoms with Crippen LogP contribution in [-0.4, -0.2) is 21.7 Å². The fraction of sp³-hybridized carbons (Fsp3) is 0.667. The van der Waals surface area contributed by atoms with E-state index >= 15 is 0 Å². The Morgan fingerprint density at radius 3 is 1.50 bits per heavy atom. The van der Waals surface area contributed by atoms with E-state index in [0.29, 0.717) is 0 Å². The summed E-state index contributed by atoms with van der Waals surface area (Å²) in [4.78, 5) is 0. The van der Waals surface area contributed by atoms with Gasteiger partial charge in [-0.05, 0) is 0 Å². The van der Waals surface area contributed by atoms with Crippen molar-refractivity contribution in [2.45, 2.75) is 0 Å². The van der Waals surface area contributed by atoms with Gasteiger partial charge in [0.25, 0.3) is 0 Å². The zero-order valence-electron chi connectivity index (χ0n) is 5.08. The molecule has 0 amide bonds. The first-order chi connectivity index (χ1) is 2.56. The third kappa shape index (κ3) is 16.0. The molecular weight excluding hydrogens is 298 g/mol. The summed E-state index contributed by atoms with van der Waals surface area (Å²) in [5, 5.41) is 0. The maximum absolute atomic E-state index is 9.83. The molecule has 50 valence electrons. The van der Waals surface area contributed by atoms with E-state index < -0.39 is 10.0 Å². The van der Waals surface area contributed by atoms with Crippen molar-refractivity contribution in [1.82, 2.24) is 0 Å². The van der Waals surface area contributed by atoms with E-state index in [1.165, 1.54) is 7.05 Å². The second-order valence-corrected chi connectivity index (χ2v) is 2.75. The summed E-state index contributed by atoms with van der Waals surface area (Å²) >= 11 is 0. The molecule has 0 saturated carbocycles. The maximum atomic E-state index is 9.83. The first-order valence-electron chi connectivity index (χ1n) is 1.37. The standard InChI is InChI=1S/C2H6NO2S.CH3.W/c1-3-6(2,4)5;;/h1-2H3;1H3;/q2*-1;+2. The Morgan fingerprint density at radius 1 is 1.38 bits per heavy atom. The first kappa shape index (κ1) is 15.8. The largest absolute Gasteiger partial charge is 2.00 e. The molecule has 0 aliphatic rings. The Labute approximate surface area is 65.2 Å². The van der Waals surface area contributed by atoms with Crippen molar-refractivity contribution in [2.75, 3.05) is 13.3 Å². The molecule has 0 atom stereocenters. The van der Waals surface area contributed by atoms with Crippen molar-refractivity contribution in [3.63, 3.8) is 0 Å². The minimum Gasteiger partial charge on any atom is -0.552 e. The Hall–Kier alpha value is 0.598. The van der Waals surface area contributed by atoms with Gasteiger partial charge >= 0.3 is 21.1 Å². The average molecular weight is 307 g/mol. The fourth-order valence-corrected chi connectivity index (χ4v) is 0. The van der Waals surface area contributed by atoms with E-state index in [4.69, 9.17) is 0 Å². The molecule has 0 unspecified atom stereocenters. The van der Waals surface area contributed by atoms with Crippen LogP contribution in [0.1, 0.15) is 0 Å². The van der Waals surface area contributed by atoms with Crippen molar-refractivity contribution in [2.24, 2.45) is 0 Å². The van der Waals surface area contributed by atoms with Gasteiger partial charge in [-0.15, -0.1) is 0 Å². The number of hydrogen-bond acceptors (Lipinski definition) is 2. The maximum Gasteiger partial charge on any atom is 2.00 e. The molecule has 0 bridgehead atoms. The van der Waals surface area contributed by atoms with Crippen LogP contribution in [0.15, 0.2) is 0 Å². The molecule has 3 nitrogen and oxygen atoms in total. The molecule has 0 fully saturated rings. The zero-order valence-corrected chi connectivity index (χ0v) is 8.83. The summed E-state index contributed by atoms with van der Waals surface area (Å²) in [6, 6.07) is 0. The number of nitrogens with zero attached hydrogens (tertiary/aromatic N) is 1. The molecule has 0 rings (SSSR count). The van der Waals surface area contributed by atoms with E-state index in [0.717, 1.165) is 6.26 Å². The third-order valence-electron chi connectivity index (χ3n) is 0.332. The zero-order chi connectivity index (χ0) is 5.21. The molecule has 0 aliphatic carbocycles. The minimum absolute atomic E-state index is 0. The van der Waals surface area contributed by atoms with Gasteiger partial charge in [-0.2, -0.15) is 7.05 Å². The van der Waals surface area contributed by atoms with E-state index in [-0.39, 0.29) is 28.5 Å². The van der Waals surface area contributed by atoms with E-state index in [2.05, 4.69) is 4.72 Å². The fourth-order valence-electron chi connectivity index (χ4n) is 0. The predicted molar refractivity (Wildman–Crippen MR) is 30.5 cm³/mol. The van der Waals surface area contributed by atoms with Gasteiger partial charge in [0, 0.05) is 6.26 Å². The van der Waals surface area contributed by atoms with Gasteiger partial charge in [-0.3, -0.25) is 0 Å². The molecule has 5 heteroatoms. The van der Waals surface area contributed by atoms with Crippen molar-refractivity contribution < 1.29 is 29.5 Å². The average Bonchev–Trinajstić information content (AvgIpc) is 1.35. The minimum atomic E-state index is -3.04. The van der Waals surface area contributed by atoms with Crippen LogP contribution in [0.4, 0.5) is 0 Å². The monoisotopic (exact) mass is 307 g/mol. The molecule has 0 spiro atoms. The first-order valence-corrected chi connectivity index (χ1v) is 3.22. The Balaban J connectivity index is -0.000000125. The summed E-state index contributed by atoms with van der Waals surface area (Å²) < 4.78 is 22.7. The summed E-state index contributed by atoms with van der Waals surface area (Å²) in [7, 11) is -1.79. The molecule has 0 saturated heterocycles. The Kier molecular flexibility index (Phi) is 11.3. The summed E-state index contributed by atoms with van der Waals surface area (Å²) in [5.41, 5.74) is 0. The Bertz CT molecular complexity index is 119. The van der Waals surface area contributed by atoms with Crippen molar-refractivity contribution in [3.8, 4) is 0 Å². The molecule has 0 radical (unpaired) electrons. The van der Waals surface area contributed by atoms with Gasteiger partial charge in [0.15, 0.2) is 0 Å². The van der Waals surface area contributed by atoms with E-state index in [1.807, 2.05) is 0 Å². The van der Waals surface area contributed by atoms with Crippen LogP contribution >= 0.6 is 0 Å². The molecule has 0 heterocycles. The van der Waals surface area contributed by atoms with Gasteiger partial charge < -0.3 is 12.1 Å². The van der Waals surface area contributed by atoms with Crippen LogP contribution in [-0.2, 0) is 31.1 Å². The van der Waals surface area contributed by atoms with Gasteiger partial charge in [0.05, 0.1) is 10.0 Å². The molecular formula is C3H9NO2SW. The molecule has 8 heavy (non-hydrogen) atoms. The normalized spacial score (nSPS) is 8.75. The summed E-state index contributed by atoms with van der Waals surface area (Å²) in [6.07, 6.45) is 1.05. The van der Waals surface area contributed by atoms with Crippen LogP contribution < -0.4 is 0 Å². The van der Waals surface area contributed by atoms with Gasteiger partial charge in [0.2, 0.25) is 0 Å². The molecule has 0 aromatic rings. The topological polar surface area (TPSA) is 48.2 Å². The Morgan fingerprint density at radius 2 is 1.50 bits per heavy atom. The quantitative estimate of drug-likeness (QED) is 0.658. The van der Waals surface area contributed by atoms with Crippen LogP contribution in [0.5, 0.6) is 0 Å². The molecule has 0 aromatic carbocycles. The third-order valence-corrected chi connectivity index (χ3v) is 0.995. The summed E-state index contributed by atoms with van der Waals surface area (Å²) in [5.74, 6) is 0. The van der Waals surface area contributed by atoms with Crippen molar-refractivity contribution >= 4 is 10.0 Å².